The van der Waals surface area contributed by atoms with E-state index in [0.717, 1.165) is 18.2 Å². The number of aromatic hydroxyl groups is 2. The lowest BCUT2D eigenvalue weighted by Crippen LogP contribution is -2.56. The number of alkyl halides is 3. The summed E-state index contributed by atoms with van der Waals surface area (Å²) >= 11 is 0. The molecule has 1 aromatic carbocycles. The van der Waals surface area contributed by atoms with Crippen molar-refractivity contribution in [3.8, 4) is 11.5 Å². The Morgan fingerprint density at radius 1 is 1.29 bits per heavy atom. The second-order valence-corrected chi connectivity index (χ2v) is 4.68. The first-order valence-corrected chi connectivity index (χ1v) is 5.75. The highest BCUT2D eigenvalue weighted by Crippen LogP contribution is 2.41. The van der Waals surface area contributed by atoms with Crippen LogP contribution in [0.25, 0.3) is 0 Å². The monoisotopic (exact) mass is 304 g/mol. The van der Waals surface area contributed by atoms with Crippen molar-refractivity contribution in [1.29, 1.82) is 0 Å². The van der Waals surface area contributed by atoms with Gasteiger partial charge in [-0.15, -0.1) is 0 Å². The number of amides is 1. The molecule has 0 bridgehead atoms. The third-order valence-corrected chi connectivity index (χ3v) is 2.92. The SMILES string of the molecule is CC1=NN(C(=O)c2cc(O)cc(O)c2)C(O)(C(F)(F)F)C1. The summed E-state index contributed by atoms with van der Waals surface area (Å²) in [5, 5.41) is 31.6. The smallest absolute Gasteiger partial charge is 0.438 e. The summed E-state index contributed by atoms with van der Waals surface area (Å²) < 4.78 is 39.0. The van der Waals surface area contributed by atoms with Crippen LogP contribution in [0.2, 0.25) is 0 Å². The van der Waals surface area contributed by atoms with Crippen molar-refractivity contribution >= 4 is 11.6 Å². The fourth-order valence-electron chi connectivity index (χ4n) is 2.00. The van der Waals surface area contributed by atoms with Crippen LogP contribution in [-0.2, 0) is 0 Å². The van der Waals surface area contributed by atoms with Crippen LogP contribution in [-0.4, -0.2) is 43.8 Å². The van der Waals surface area contributed by atoms with Crippen LogP contribution in [0.15, 0.2) is 23.3 Å². The lowest BCUT2D eigenvalue weighted by atomic mass is 10.1. The highest BCUT2D eigenvalue weighted by atomic mass is 19.4. The van der Waals surface area contributed by atoms with E-state index in [1.165, 1.54) is 6.92 Å². The number of phenolic OH excluding ortho intramolecular Hbond substituents is 2. The molecule has 0 aromatic heterocycles. The molecule has 1 aromatic rings. The summed E-state index contributed by atoms with van der Waals surface area (Å²) in [4.78, 5) is 12.1. The number of carbonyl (C=O) groups is 1. The van der Waals surface area contributed by atoms with Gasteiger partial charge in [0.05, 0.1) is 0 Å². The van der Waals surface area contributed by atoms with Gasteiger partial charge < -0.3 is 15.3 Å². The van der Waals surface area contributed by atoms with Crippen molar-refractivity contribution in [3.63, 3.8) is 0 Å². The van der Waals surface area contributed by atoms with Crippen LogP contribution in [0.4, 0.5) is 13.2 Å². The Bertz CT molecular complexity index is 609. The Balaban J connectivity index is 2.45. The molecule has 114 valence electrons. The Morgan fingerprint density at radius 2 is 1.81 bits per heavy atom. The van der Waals surface area contributed by atoms with Gasteiger partial charge in [0.1, 0.15) is 11.5 Å². The zero-order valence-electron chi connectivity index (χ0n) is 10.7. The third kappa shape index (κ3) is 2.51. The standard InChI is InChI=1S/C12H11F3N2O4/c1-6-5-11(21,12(13,14)15)17(16-6)10(20)7-2-8(18)4-9(19)3-7/h2-4,18-19,21H,5H2,1H3. The van der Waals surface area contributed by atoms with Crippen LogP contribution in [0.5, 0.6) is 11.5 Å². The number of hydrogen-bond donors (Lipinski definition) is 3. The molecule has 1 aliphatic rings. The predicted molar refractivity (Wildman–Crippen MR) is 64.7 cm³/mol. The van der Waals surface area contributed by atoms with Crippen molar-refractivity contribution in [1.82, 2.24) is 5.01 Å². The van der Waals surface area contributed by atoms with Gasteiger partial charge in [0.25, 0.3) is 11.6 Å². The third-order valence-electron chi connectivity index (χ3n) is 2.92. The molecule has 9 heteroatoms. The number of hydrazone groups is 1. The molecule has 0 saturated heterocycles. The van der Waals surface area contributed by atoms with E-state index >= 15 is 0 Å². The minimum Gasteiger partial charge on any atom is -0.508 e. The van der Waals surface area contributed by atoms with E-state index < -0.39 is 41.3 Å². The highest BCUT2D eigenvalue weighted by molar-refractivity contribution is 5.98. The maximum Gasteiger partial charge on any atom is 0.438 e. The molecular formula is C12H11F3N2O4. The van der Waals surface area contributed by atoms with Gasteiger partial charge in [-0.1, -0.05) is 0 Å². The molecule has 1 aliphatic heterocycles. The molecule has 6 nitrogen and oxygen atoms in total. The van der Waals surface area contributed by atoms with Gasteiger partial charge in [-0.05, 0) is 19.1 Å². The Hall–Kier alpha value is -2.29. The average molecular weight is 304 g/mol. The number of hydrogen-bond acceptors (Lipinski definition) is 5. The van der Waals surface area contributed by atoms with E-state index in [2.05, 4.69) is 5.10 Å². The maximum absolute atomic E-state index is 13.0. The van der Waals surface area contributed by atoms with Crippen LogP contribution < -0.4 is 0 Å². The number of rotatable bonds is 1. The fraction of sp³-hybridized carbons (Fsp3) is 0.333. The van der Waals surface area contributed by atoms with Crippen molar-refractivity contribution in [2.75, 3.05) is 0 Å². The number of halogens is 3. The summed E-state index contributed by atoms with van der Waals surface area (Å²) in [5.74, 6) is -2.31. The first kappa shape index (κ1) is 15.1. The first-order valence-electron chi connectivity index (χ1n) is 5.75. The average Bonchev–Trinajstić information content (AvgIpc) is 2.63. The first-order chi connectivity index (χ1) is 9.54. The number of aliphatic hydroxyl groups is 1. The molecule has 2 rings (SSSR count). The normalized spacial score (nSPS) is 22.3. The summed E-state index contributed by atoms with van der Waals surface area (Å²) in [5.41, 5.74) is -3.96. The Kier molecular flexibility index (Phi) is 3.32. The Labute approximate surface area is 116 Å². The van der Waals surface area contributed by atoms with Gasteiger partial charge in [-0.25, -0.2) is 0 Å². The molecule has 0 aliphatic carbocycles. The van der Waals surface area contributed by atoms with E-state index in [9.17, 15) is 33.3 Å². The van der Waals surface area contributed by atoms with Crippen molar-refractivity contribution in [2.24, 2.45) is 5.10 Å². The van der Waals surface area contributed by atoms with Crippen LogP contribution in [0.1, 0.15) is 23.7 Å². The van der Waals surface area contributed by atoms with E-state index in [1.807, 2.05) is 0 Å². The molecule has 1 amide bonds. The van der Waals surface area contributed by atoms with Crippen molar-refractivity contribution in [2.45, 2.75) is 25.2 Å². The lowest BCUT2D eigenvalue weighted by molar-refractivity contribution is -0.297. The summed E-state index contributed by atoms with van der Waals surface area (Å²) in [7, 11) is 0. The predicted octanol–water partition coefficient (Wildman–Crippen LogP) is 1.57. The molecule has 1 atom stereocenters. The lowest BCUT2D eigenvalue weighted by Gasteiger charge is -2.32. The molecule has 0 saturated carbocycles. The van der Waals surface area contributed by atoms with E-state index in [0.29, 0.717) is 0 Å². The molecule has 0 spiro atoms. The van der Waals surface area contributed by atoms with E-state index in [1.54, 1.807) is 0 Å². The Morgan fingerprint density at radius 3 is 2.29 bits per heavy atom. The number of carbonyl (C=O) groups excluding carboxylic acids is 1. The van der Waals surface area contributed by atoms with E-state index in [-0.39, 0.29) is 10.7 Å². The molecule has 21 heavy (non-hydrogen) atoms. The zero-order chi connectivity index (χ0) is 16.0. The van der Waals surface area contributed by atoms with Gasteiger partial charge in [0.2, 0.25) is 0 Å². The number of phenols is 2. The fourth-order valence-corrected chi connectivity index (χ4v) is 2.00. The number of benzene rings is 1. The zero-order valence-corrected chi connectivity index (χ0v) is 10.7. The van der Waals surface area contributed by atoms with Crippen LogP contribution in [0.3, 0.4) is 0 Å². The largest absolute Gasteiger partial charge is 0.508 e. The van der Waals surface area contributed by atoms with Crippen LogP contribution >= 0.6 is 0 Å². The summed E-state index contributed by atoms with van der Waals surface area (Å²) in [6.07, 6.45) is -5.98. The second-order valence-electron chi connectivity index (χ2n) is 4.68. The molecular weight excluding hydrogens is 293 g/mol. The highest BCUT2D eigenvalue weighted by Gasteiger charge is 2.62. The minimum atomic E-state index is -5.11. The second kappa shape index (κ2) is 4.62. The molecule has 0 fully saturated rings. The quantitative estimate of drug-likeness (QED) is 0.734. The molecule has 1 unspecified atom stereocenters. The van der Waals surface area contributed by atoms with Crippen molar-refractivity contribution in [3.05, 3.63) is 23.8 Å². The molecule has 3 N–H and O–H groups in total. The van der Waals surface area contributed by atoms with Crippen LogP contribution in [0, 0.1) is 0 Å². The number of nitrogens with zero attached hydrogens (tertiary/aromatic N) is 2. The summed E-state index contributed by atoms with van der Waals surface area (Å²) in [6.45, 7) is 1.24. The maximum atomic E-state index is 13.0. The van der Waals surface area contributed by atoms with Gasteiger partial charge >= 0.3 is 6.18 Å². The summed E-state index contributed by atoms with van der Waals surface area (Å²) in [6, 6.07) is 2.63. The molecule has 1 heterocycles. The topological polar surface area (TPSA) is 93.4 Å². The molecule has 0 radical (unpaired) electrons. The van der Waals surface area contributed by atoms with Gasteiger partial charge in [-0.3, -0.25) is 4.79 Å². The van der Waals surface area contributed by atoms with Gasteiger partial charge in [-0.2, -0.15) is 23.3 Å². The van der Waals surface area contributed by atoms with Gasteiger partial charge in [0.15, 0.2) is 0 Å². The van der Waals surface area contributed by atoms with Gasteiger partial charge in [0, 0.05) is 23.8 Å². The minimum absolute atomic E-state index is 0.0763. The van der Waals surface area contributed by atoms with E-state index in [4.69, 9.17) is 0 Å². The van der Waals surface area contributed by atoms with Crippen molar-refractivity contribution < 1.29 is 33.3 Å².